The Labute approximate surface area is 150 Å². The van der Waals surface area contributed by atoms with E-state index in [1.165, 1.54) is 5.56 Å². The number of hydrogen-bond donors (Lipinski definition) is 0. The van der Waals surface area contributed by atoms with E-state index >= 15 is 0 Å². The quantitative estimate of drug-likeness (QED) is 0.817. The fourth-order valence-corrected chi connectivity index (χ4v) is 3.87. The third kappa shape index (κ3) is 5.00. The Morgan fingerprint density at radius 2 is 2.12 bits per heavy atom. The molecular formula is C19H30N4O2. The summed E-state index contributed by atoms with van der Waals surface area (Å²) in [6, 6.07) is 4.13. The summed E-state index contributed by atoms with van der Waals surface area (Å²) in [5, 5.41) is 0. The smallest absolute Gasteiger partial charge is 0.236 e. The van der Waals surface area contributed by atoms with Gasteiger partial charge in [0.15, 0.2) is 0 Å². The Bertz CT molecular complexity index is 556. The minimum Gasteiger partial charge on any atom is -0.379 e. The van der Waals surface area contributed by atoms with Crippen LogP contribution < -0.4 is 0 Å². The lowest BCUT2D eigenvalue weighted by molar-refractivity contribution is -0.134. The van der Waals surface area contributed by atoms with E-state index in [1.54, 1.807) is 0 Å². The zero-order chi connectivity index (χ0) is 17.7. The first-order valence-electron chi connectivity index (χ1n) is 9.18. The number of rotatable bonds is 4. The zero-order valence-corrected chi connectivity index (χ0v) is 15.5. The second-order valence-corrected chi connectivity index (χ2v) is 7.74. The zero-order valence-electron chi connectivity index (χ0n) is 15.5. The summed E-state index contributed by atoms with van der Waals surface area (Å²) < 4.78 is 5.95. The maximum Gasteiger partial charge on any atom is 0.236 e. The molecule has 1 aromatic rings. The number of likely N-dealkylation sites (N-methyl/N-ethyl adjacent to an activating group) is 1. The van der Waals surface area contributed by atoms with Gasteiger partial charge in [-0.05, 0) is 38.6 Å². The molecule has 138 valence electrons. The number of nitrogens with zero attached hydrogens (tertiary/aromatic N) is 4. The number of ether oxygens (including phenoxy) is 1. The molecule has 0 N–H and O–H groups in total. The summed E-state index contributed by atoms with van der Waals surface area (Å²) in [7, 11) is 3.89. The van der Waals surface area contributed by atoms with Crippen LogP contribution in [0.1, 0.15) is 18.4 Å². The first-order chi connectivity index (χ1) is 12.1. The minimum absolute atomic E-state index is 0.174. The Morgan fingerprint density at radius 1 is 1.32 bits per heavy atom. The van der Waals surface area contributed by atoms with E-state index < -0.39 is 0 Å². The summed E-state index contributed by atoms with van der Waals surface area (Å²) in [6.45, 7) is 6.70. The van der Waals surface area contributed by atoms with E-state index in [2.05, 4.69) is 16.0 Å². The number of carbonyl (C=O) groups excluding carboxylic acids is 1. The molecule has 25 heavy (non-hydrogen) atoms. The van der Waals surface area contributed by atoms with E-state index in [9.17, 15) is 4.79 Å². The van der Waals surface area contributed by atoms with Crippen LogP contribution in [0.15, 0.2) is 24.5 Å². The molecule has 1 aromatic heterocycles. The van der Waals surface area contributed by atoms with Crippen molar-refractivity contribution in [2.45, 2.75) is 19.4 Å². The number of aromatic nitrogens is 1. The molecule has 3 heterocycles. The molecule has 0 bridgehead atoms. The van der Waals surface area contributed by atoms with Crippen LogP contribution in [-0.4, -0.2) is 85.6 Å². The van der Waals surface area contributed by atoms with Gasteiger partial charge < -0.3 is 14.5 Å². The van der Waals surface area contributed by atoms with Crippen LogP contribution in [-0.2, 0) is 16.1 Å². The number of amides is 1. The first-order valence-corrected chi connectivity index (χ1v) is 9.18. The minimum atomic E-state index is 0.174. The summed E-state index contributed by atoms with van der Waals surface area (Å²) in [5.74, 6) is 0.238. The lowest BCUT2D eigenvalue weighted by Gasteiger charge is -2.42. The van der Waals surface area contributed by atoms with Crippen LogP contribution in [0.25, 0.3) is 0 Å². The molecule has 6 heteroatoms. The number of likely N-dealkylation sites (tertiary alicyclic amines) is 1. The highest BCUT2D eigenvalue weighted by atomic mass is 16.5. The van der Waals surface area contributed by atoms with E-state index in [0.717, 1.165) is 58.8 Å². The average Bonchev–Trinajstić information content (AvgIpc) is 2.78. The van der Waals surface area contributed by atoms with E-state index in [4.69, 9.17) is 4.74 Å². The molecule has 0 saturated carbocycles. The van der Waals surface area contributed by atoms with Crippen molar-refractivity contribution in [2.24, 2.45) is 5.41 Å². The SMILES string of the molecule is CN(C)CC(=O)N1CCC2(CC1)COCCN(Cc1cccnc1)C2. The van der Waals surface area contributed by atoms with E-state index in [1.807, 2.05) is 42.4 Å². The van der Waals surface area contributed by atoms with Crippen LogP contribution in [0.4, 0.5) is 0 Å². The standard InChI is InChI=1S/C19H30N4O2/c1-21(2)14-18(24)23-8-5-19(6-9-23)15-22(10-11-25-16-19)13-17-4-3-7-20-12-17/h3-4,7,12H,5-6,8-11,13-16H2,1-2H3. The van der Waals surface area contributed by atoms with Crippen molar-refractivity contribution in [3.05, 3.63) is 30.1 Å². The normalized spacial score (nSPS) is 21.5. The number of pyridine rings is 1. The summed E-state index contributed by atoms with van der Waals surface area (Å²) in [5.41, 5.74) is 1.42. The summed E-state index contributed by atoms with van der Waals surface area (Å²) in [6.07, 6.45) is 5.81. The molecule has 0 aliphatic carbocycles. The van der Waals surface area contributed by atoms with Gasteiger partial charge in [-0.1, -0.05) is 6.07 Å². The molecule has 2 saturated heterocycles. The fourth-order valence-electron chi connectivity index (χ4n) is 3.87. The predicted octanol–water partition coefficient (Wildman–Crippen LogP) is 1.08. The summed E-state index contributed by atoms with van der Waals surface area (Å²) >= 11 is 0. The van der Waals surface area contributed by atoms with Crippen LogP contribution in [0.5, 0.6) is 0 Å². The van der Waals surface area contributed by atoms with Crippen molar-refractivity contribution in [1.82, 2.24) is 19.7 Å². The molecule has 0 aromatic carbocycles. The van der Waals surface area contributed by atoms with Crippen molar-refractivity contribution in [3.8, 4) is 0 Å². The third-order valence-electron chi connectivity index (χ3n) is 5.28. The van der Waals surface area contributed by atoms with Gasteiger partial charge in [-0.3, -0.25) is 14.7 Å². The van der Waals surface area contributed by atoms with E-state index in [0.29, 0.717) is 6.54 Å². The molecular weight excluding hydrogens is 316 g/mol. The molecule has 1 spiro atoms. The Kier molecular flexibility index (Phi) is 6.04. The van der Waals surface area contributed by atoms with Gasteiger partial charge in [0.05, 0.1) is 19.8 Å². The van der Waals surface area contributed by atoms with Gasteiger partial charge in [-0.2, -0.15) is 0 Å². The molecule has 3 rings (SSSR count). The second kappa shape index (κ2) is 8.25. The van der Waals surface area contributed by atoms with Crippen molar-refractivity contribution >= 4 is 5.91 Å². The van der Waals surface area contributed by atoms with Crippen LogP contribution >= 0.6 is 0 Å². The summed E-state index contributed by atoms with van der Waals surface area (Å²) in [4.78, 5) is 23.0. The number of piperidine rings is 1. The fraction of sp³-hybridized carbons (Fsp3) is 0.684. The van der Waals surface area contributed by atoms with Crippen molar-refractivity contribution < 1.29 is 9.53 Å². The highest BCUT2D eigenvalue weighted by molar-refractivity contribution is 5.78. The second-order valence-electron chi connectivity index (χ2n) is 7.74. The molecule has 0 atom stereocenters. The third-order valence-corrected chi connectivity index (χ3v) is 5.28. The van der Waals surface area contributed by atoms with Crippen molar-refractivity contribution in [2.75, 3.05) is 60.0 Å². The number of hydrogen-bond acceptors (Lipinski definition) is 5. The van der Waals surface area contributed by atoms with Crippen molar-refractivity contribution in [3.63, 3.8) is 0 Å². The topological polar surface area (TPSA) is 48.9 Å². The monoisotopic (exact) mass is 346 g/mol. The number of carbonyl (C=O) groups is 1. The van der Waals surface area contributed by atoms with Gasteiger partial charge in [-0.15, -0.1) is 0 Å². The highest BCUT2D eigenvalue weighted by Gasteiger charge is 2.39. The molecule has 2 aliphatic heterocycles. The van der Waals surface area contributed by atoms with E-state index in [-0.39, 0.29) is 11.3 Å². The molecule has 0 unspecified atom stereocenters. The van der Waals surface area contributed by atoms with Crippen LogP contribution in [0, 0.1) is 5.41 Å². The Balaban J connectivity index is 1.58. The Morgan fingerprint density at radius 3 is 2.80 bits per heavy atom. The van der Waals surface area contributed by atoms with Gasteiger partial charge in [0.2, 0.25) is 5.91 Å². The lowest BCUT2D eigenvalue weighted by Crippen LogP contribution is -2.50. The van der Waals surface area contributed by atoms with Crippen LogP contribution in [0.2, 0.25) is 0 Å². The lowest BCUT2D eigenvalue weighted by atomic mass is 9.78. The molecule has 6 nitrogen and oxygen atoms in total. The molecule has 2 aliphatic rings. The maximum absolute atomic E-state index is 12.3. The molecule has 1 amide bonds. The van der Waals surface area contributed by atoms with Crippen molar-refractivity contribution in [1.29, 1.82) is 0 Å². The van der Waals surface area contributed by atoms with Crippen LogP contribution in [0.3, 0.4) is 0 Å². The van der Waals surface area contributed by atoms with Gasteiger partial charge in [0.1, 0.15) is 0 Å². The van der Waals surface area contributed by atoms with Gasteiger partial charge in [0.25, 0.3) is 0 Å². The molecule has 2 fully saturated rings. The predicted molar refractivity (Wildman–Crippen MR) is 97.1 cm³/mol. The van der Waals surface area contributed by atoms with Gasteiger partial charge in [0, 0.05) is 50.5 Å². The van der Waals surface area contributed by atoms with Gasteiger partial charge in [-0.25, -0.2) is 0 Å². The first kappa shape index (κ1) is 18.3. The maximum atomic E-state index is 12.3. The molecule has 0 radical (unpaired) electrons. The Hall–Kier alpha value is -1.50. The largest absolute Gasteiger partial charge is 0.379 e. The van der Waals surface area contributed by atoms with Gasteiger partial charge >= 0.3 is 0 Å². The average molecular weight is 346 g/mol. The highest BCUT2D eigenvalue weighted by Crippen LogP contribution is 2.34.